The summed E-state index contributed by atoms with van der Waals surface area (Å²) in [4.78, 5) is 11.7. The molecule has 5 heteroatoms. The SMILES string of the molecule is Cl.O=C(Nc1cccc(Cl)c1)[C@H]1CCNC1. The van der Waals surface area contributed by atoms with Crippen LogP contribution in [0.3, 0.4) is 0 Å². The minimum absolute atomic E-state index is 0. The summed E-state index contributed by atoms with van der Waals surface area (Å²) < 4.78 is 0. The second-order valence-corrected chi connectivity index (χ2v) is 4.13. The summed E-state index contributed by atoms with van der Waals surface area (Å²) in [6.07, 6.45) is 0.909. The molecule has 0 aromatic heterocycles. The van der Waals surface area contributed by atoms with Crippen molar-refractivity contribution in [3.05, 3.63) is 29.3 Å². The van der Waals surface area contributed by atoms with E-state index in [0.717, 1.165) is 25.2 Å². The maximum atomic E-state index is 11.7. The number of carbonyl (C=O) groups excluding carboxylic acids is 1. The van der Waals surface area contributed by atoms with E-state index in [2.05, 4.69) is 10.6 Å². The normalized spacial score (nSPS) is 18.9. The van der Waals surface area contributed by atoms with Crippen molar-refractivity contribution in [2.75, 3.05) is 18.4 Å². The predicted octanol–water partition coefficient (Wildman–Crippen LogP) is 2.31. The molecule has 1 amide bonds. The fraction of sp³-hybridized carbons (Fsp3) is 0.364. The van der Waals surface area contributed by atoms with E-state index in [-0.39, 0.29) is 24.2 Å². The van der Waals surface area contributed by atoms with Crippen LogP contribution in [0.2, 0.25) is 5.02 Å². The number of anilines is 1. The van der Waals surface area contributed by atoms with Crippen LogP contribution in [0.4, 0.5) is 5.69 Å². The molecule has 0 spiro atoms. The van der Waals surface area contributed by atoms with E-state index in [1.165, 1.54) is 0 Å². The molecule has 1 aliphatic rings. The molecule has 0 aliphatic carbocycles. The maximum Gasteiger partial charge on any atom is 0.228 e. The molecule has 1 aromatic carbocycles. The van der Waals surface area contributed by atoms with Gasteiger partial charge in [-0.05, 0) is 31.2 Å². The third-order valence-corrected chi connectivity index (χ3v) is 2.76. The van der Waals surface area contributed by atoms with E-state index in [0.29, 0.717) is 5.02 Å². The molecule has 1 aromatic rings. The molecule has 1 atom stereocenters. The number of hydrogen-bond donors (Lipinski definition) is 2. The average molecular weight is 261 g/mol. The van der Waals surface area contributed by atoms with E-state index < -0.39 is 0 Å². The number of carbonyl (C=O) groups is 1. The molecule has 0 bridgehead atoms. The van der Waals surface area contributed by atoms with Gasteiger partial charge >= 0.3 is 0 Å². The molecule has 2 rings (SSSR count). The topological polar surface area (TPSA) is 41.1 Å². The van der Waals surface area contributed by atoms with Crippen LogP contribution in [-0.2, 0) is 4.79 Å². The van der Waals surface area contributed by atoms with Gasteiger partial charge in [0, 0.05) is 17.3 Å². The highest BCUT2D eigenvalue weighted by Crippen LogP contribution is 2.17. The van der Waals surface area contributed by atoms with Crippen molar-refractivity contribution in [3.8, 4) is 0 Å². The lowest BCUT2D eigenvalue weighted by molar-refractivity contribution is -0.119. The van der Waals surface area contributed by atoms with E-state index in [1.54, 1.807) is 12.1 Å². The van der Waals surface area contributed by atoms with Crippen LogP contribution in [0, 0.1) is 5.92 Å². The Balaban J connectivity index is 0.00000128. The highest BCUT2D eigenvalue weighted by atomic mass is 35.5. The Morgan fingerprint density at radius 2 is 2.31 bits per heavy atom. The van der Waals surface area contributed by atoms with Crippen molar-refractivity contribution < 1.29 is 4.79 Å². The van der Waals surface area contributed by atoms with Gasteiger partial charge in [0.2, 0.25) is 5.91 Å². The molecule has 88 valence electrons. The van der Waals surface area contributed by atoms with Gasteiger partial charge in [0.15, 0.2) is 0 Å². The number of hydrogen-bond acceptors (Lipinski definition) is 2. The number of nitrogens with one attached hydrogen (secondary N) is 2. The number of rotatable bonds is 2. The molecule has 0 radical (unpaired) electrons. The van der Waals surface area contributed by atoms with Gasteiger partial charge in [0.25, 0.3) is 0 Å². The van der Waals surface area contributed by atoms with Crippen LogP contribution in [0.25, 0.3) is 0 Å². The third-order valence-electron chi connectivity index (χ3n) is 2.52. The molecule has 0 saturated carbocycles. The summed E-state index contributed by atoms with van der Waals surface area (Å²) in [5, 5.41) is 6.66. The van der Waals surface area contributed by atoms with Crippen LogP contribution in [0.1, 0.15) is 6.42 Å². The molecular weight excluding hydrogens is 247 g/mol. The maximum absolute atomic E-state index is 11.7. The van der Waals surface area contributed by atoms with E-state index in [1.807, 2.05) is 12.1 Å². The quantitative estimate of drug-likeness (QED) is 0.857. The summed E-state index contributed by atoms with van der Waals surface area (Å²) in [5.41, 5.74) is 0.763. The largest absolute Gasteiger partial charge is 0.326 e. The summed E-state index contributed by atoms with van der Waals surface area (Å²) in [6, 6.07) is 7.20. The Kier molecular flexibility index (Phi) is 5.06. The van der Waals surface area contributed by atoms with Crippen LogP contribution >= 0.6 is 24.0 Å². The summed E-state index contributed by atoms with van der Waals surface area (Å²) in [5.74, 6) is 0.159. The number of amides is 1. The molecular formula is C11H14Cl2N2O. The average Bonchev–Trinajstić information content (AvgIpc) is 2.70. The van der Waals surface area contributed by atoms with Crippen molar-refractivity contribution in [1.82, 2.24) is 5.32 Å². The van der Waals surface area contributed by atoms with Gasteiger partial charge in [0.05, 0.1) is 5.92 Å². The first-order valence-corrected chi connectivity index (χ1v) is 5.40. The second kappa shape index (κ2) is 6.09. The van der Waals surface area contributed by atoms with Crippen molar-refractivity contribution in [3.63, 3.8) is 0 Å². The predicted molar refractivity (Wildman–Crippen MR) is 68.3 cm³/mol. The monoisotopic (exact) mass is 260 g/mol. The first kappa shape index (κ1) is 13.3. The molecule has 1 saturated heterocycles. The van der Waals surface area contributed by atoms with Crippen LogP contribution in [-0.4, -0.2) is 19.0 Å². The highest BCUT2D eigenvalue weighted by molar-refractivity contribution is 6.30. The Morgan fingerprint density at radius 3 is 2.94 bits per heavy atom. The molecule has 2 N–H and O–H groups in total. The van der Waals surface area contributed by atoms with Gasteiger partial charge in [0.1, 0.15) is 0 Å². The van der Waals surface area contributed by atoms with Crippen LogP contribution in [0.15, 0.2) is 24.3 Å². The fourth-order valence-electron chi connectivity index (χ4n) is 1.69. The number of benzene rings is 1. The van der Waals surface area contributed by atoms with Gasteiger partial charge in [-0.2, -0.15) is 0 Å². The van der Waals surface area contributed by atoms with E-state index >= 15 is 0 Å². The van der Waals surface area contributed by atoms with E-state index in [9.17, 15) is 4.79 Å². The highest BCUT2D eigenvalue weighted by Gasteiger charge is 2.22. The Hall–Kier alpha value is -0.770. The third kappa shape index (κ3) is 3.37. The van der Waals surface area contributed by atoms with Crippen LogP contribution < -0.4 is 10.6 Å². The molecule has 1 heterocycles. The lowest BCUT2D eigenvalue weighted by Gasteiger charge is -2.09. The minimum atomic E-state index is 0. The molecule has 0 unspecified atom stereocenters. The Labute approximate surface area is 106 Å². The molecule has 3 nitrogen and oxygen atoms in total. The standard InChI is InChI=1S/C11H13ClN2O.ClH/c12-9-2-1-3-10(6-9)14-11(15)8-4-5-13-7-8;/h1-3,6,8,13H,4-5,7H2,(H,14,15);1H/t8-;/m0./s1. The van der Waals surface area contributed by atoms with Gasteiger partial charge in [-0.1, -0.05) is 17.7 Å². The van der Waals surface area contributed by atoms with Gasteiger partial charge in [-0.3, -0.25) is 4.79 Å². The van der Waals surface area contributed by atoms with Crippen molar-refractivity contribution in [2.24, 2.45) is 5.92 Å². The smallest absolute Gasteiger partial charge is 0.228 e. The lowest BCUT2D eigenvalue weighted by Crippen LogP contribution is -2.24. The zero-order chi connectivity index (χ0) is 10.7. The minimum Gasteiger partial charge on any atom is -0.326 e. The van der Waals surface area contributed by atoms with Crippen molar-refractivity contribution in [1.29, 1.82) is 0 Å². The van der Waals surface area contributed by atoms with Gasteiger partial charge in [-0.25, -0.2) is 0 Å². The summed E-state index contributed by atoms with van der Waals surface area (Å²) in [7, 11) is 0. The Bertz CT molecular complexity index is 365. The van der Waals surface area contributed by atoms with Crippen LogP contribution in [0.5, 0.6) is 0 Å². The first-order chi connectivity index (χ1) is 7.25. The van der Waals surface area contributed by atoms with Crippen molar-refractivity contribution in [2.45, 2.75) is 6.42 Å². The van der Waals surface area contributed by atoms with Gasteiger partial charge in [-0.15, -0.1) is 12.4 Å². The Morgan fingerprint density at radius 1 is 1.50 bits per heavy atom. The van der Waals surface area contributed by atoms with Crippen molar-refractivity contribution >= 4 is 35.6 Å². The molecule has 1 fully saturated rings. The summed E-state index contributed by atoms with van der Waals surface area (Å²) in [6.45, 7) is 1.69. The fourth-order valence-corrected chi connectivity index (χ4v) is 1.88. The molecule has 1 aliphatic heterocycles. The summed E-state index contributed by atoms with van der Waals surface area (Å²) >= 11 is 5.82. The number of halogens is 2. The first-order valence-electron chi connectivity index (χ1n) is 5.03. The zero-order valence-corrected chi connectivity index (χ0v) is 10.3. The lowest BCUT2D eigenvalue weighted by atomic mass is 10.1. The van der Waals surface area contributed by atoms with E-state index in [4.69, 9.17) is 11.6 Å². The second-order valence-electron chi connectivity index (χ2n) is 3.69. The zero-order valence-electron chi connectivity index (χ0n) is 8.70. The van der Waals surface area contributed by atoms with Gasteiger partial charge < -0.3 is 10.6 Å². The molecule has 16 heavy (non-hydrogen) atoms.